The molecular formula is C20H17NO4-2. The lowest BCUT2D eigenvalue weighted by Gasteiger charge is -2.34. The van der Waals surface area contributed by atoms with E-state index in [9.17, 15) is 19.8 Å². The van der Waals surface area contributed by atoms with Crippen molar-refractivity contribution in [3.8, 4) is 0 Å². The first-order valence-corrected chi connectivity index (χ1v) is 7.97. The second-order valence-electron chi connectivity index (χ2n) is 6.24. The van der Waals surface area contributed by atoms with E-state index in [2.05, 4.69) is 60.8 Å². The fraction of sp³-hybridized carbons (Fsp3) is 0.200. The molecule has 0 aromatic heterocycles. The summed E-state index contributed by atoms with van der Waals surface area (Å²) in [5.74, 6) is -3.09. The molecule has 1 N–H and O–H groups in total. The Hall–Kier alpha value is -2.92. The Morgan fingerprint density at radius 3 is 2.20 bits per heavy atom. The number of benzene rings is 2. The molecule has 2 aliphatic heterocycles. The second-order valence-corrected chi connectivity index (χ2v) is 6.24. The number of fused-ring (bicyclic) bond motifs is 7. The maximum Gasteiger partial charge on any atom is 0.0672 e. The van der Waals surface area contributed by atoms with Crippen molar-refractivity contribution in [2.75, 3.05) is 0 Å². The van der Waals surface area contributed by atoms with Gasteiger partial charge in [-0.3, -0.25) is 5.32 Å². The average molecular weight is 335 g/mol. The Labute approximate surface area is 145 Å². The third kappa shape index (κ3) is 3.19. The van der Waals surface area contributed by atoms with E-state index in [0.29, 0.717) is 18.2 Å². The molecule has 0 saturated carbocycles. The third-order valence-corrected chi connectivity index (χ3v) is 4.67. The van der Waals surface area contributed by atoms with E-state index in [0.717, 1.165) is 6.42 Å². The lowest BCUT2D eigenvalue weighted by atomic mass is 9.82. The van der Waals surface area contributed by atoms with Crippen LogP contribution < -0.4 is 15.5 Å². The summed E-state index contributed by atoms with van der Waals surface area (Å²) in [6.45, 7) is 2.31. The molecule has 25 heavy (non-hydrogen) atoms. The Morgan fingerprint density at radius 2 is 1.56 bits per heavy atom. The van der Waals surface area contributed by atoms with Crippen molar-refractivity contribution in [3.63, 3.8) is 0 Å². The number of rotatable bonds is 2. The lowest BCUT2D eigenvalue weighted by molar-refractivity contribution is -0.301. The van der Waals surface area contributed by atoms with Crippen LogP contribution in [0.3, 0.4) is 0 Å². The molecule has 0 saturated heterocycles. The van der Waals surface area contributed by atoms with Crippen LogP contribution in [0.4, 0.5) is 0 Å². The molecule has 0 amide bonds. The zero-order valence-electron chi connectivity index (χ0n) is 13.7. The van der Waals surface area contributed by atoms with Gasteiger partial charge < -0.3 is 19.8 Å². The van der Waals surface area contributed by atoms with Gasteiger partial charge in [0.25, 0.3) is 0 Å². The Bertz CT molecular complexity index is 829. The summed E-state index contributed by atoms with van der Waals surface area (Å²) in [5, 5.41) is 22.6. The molecule has 0 fully saturated rings. The van der Waals surface area contributed by atoms with Crippen molar-refractivity contribution in [3.05, 3.63) is 82.9 Å². The van der Waals surface area contributed by atoms with Crippen molar-refractivity contribution in [1.82, 2.24) is 5.32 Å². The van der Waals surface area contributed by atoms with Gasteiger partial charge in [0.15, 0.2) is 0 Å². The number of carbonyl (C=O) groups is 2. The quantitative estimate of drug-likeness (QED) is 0.791. The highest BCUT2D eigenvalue weighted by Gasteiger charge is 2.45. The second kappa shape index (κ2) is 6.53. The van der Waals surface area contributed by atoms with Gasteiger partial charge in [-0.05, 0) is 47.8 Å². The summed E-state index contributed by atoms with van der Waals surface area (Å²) in [6, 6.07) is 18.2. The van der Waals surface area contributed by atoms with Gasteiger partial charge in [-0.25, -0.2) is 0 Å². The first-order chi connectivity index (χ1) is 11.9. The van der Waals surface area contributed by atoms with Crippen LogP contribution in [0.15, 0.2) is 60.7 Å². The minimum Gasteiger partial charge on any atom is -0.545 e. The van der Waals surface area contributed by atoms with Crippen LogP contribution in [0, 0.1) is 0 Å². The first-order valence-electron chi connectivity index (χ1n) is 7.97. The summed E-state index contributed by atoms with van der Waals surface area (Å²) >= 11 is 0. The topological polar surface area (TPSA) is 92.3 Å². The van der Waals surface area contributed by atoms with Crippen LogP contribution in [0.25, 0.3) is 0 Å². The molecular weight excluding hydrogens is 318 g/mol. The molecule has 2 heterocycles. The van der Waals surface area contributed by atoms with Crippen LogP contribution in [0.5, 0.6) is 0 Å². The molecule has 2 bridgehead atoms. The molecule has 4 rings (SSSR count). The van der Waals surface area contributed by atoms with Crippen LogP contribution in [0.1, 0.15) is 35.2 Å². The minimum absolute atomic E-state index is 0.0100. The molecule has 0 aliphatic carbocycles. The van der Waals surface area contributed by atoms with Gasteiger partial charge >= 0.3 is 0 Å². The van der Waals surface area contributed by atoms with E-state index < -0.39 is 11.9 Å². The van der Waals surface area contributed by atoms with Gasteiger partial charge in [0.05, 0.1) is 17.5 Å². The van der Waals surface area contributed by atoms with Crippen LogP contribution >= 0.6 is 0 Å². The maximum absolute atomic E-state index is 9.41. The zero-order valence-corrected chi connectivity index (χ0v) is 13.7. The van der Waals surface area contributed by atoms with Crippen molar-refractivity contribution in [2.24, 2.45) is 0 Å². The number of aliphatic carboxylic acids is 2. The van der Waals surface area contributed by atoms with Crippen molar-refractivity contribution in [2.45, 2.75) is 24.9 Å². The van der Waals surface area contributed by atoms with Gasteiger partial charge in [0.1, 0.15) is 0 Å². The van der Waals surface area contributed by atoms with E-state index in [-0.39, 0.29) is 5.54 Å². The fourth-order valence-corrected chi connectivity index (χ4v) is 3.69. The first kappa shape index (κ1) is 16.9. The van der Waals surface area contributed by atoms with Gasteiger partial charge in [-0.1, -0.05) is 48.5 Å². The maximum atomic E-state index is 9.41. The van der Waals surface area contributed by atoms with E-state index in [1.807, 2.05) is 0 Å². The number of carboxylic acids is 2. The highest BCUT2D eigenvalue weighted by molar-refractivity contribution is 5.87. The predicted molar refractivity (Wildman–Crippen MR) is 88.1 cm³/mol. The number of hydrogen-bond donors (Lipinski definition) is 1. The molecule has 0 spiro atoms. The largest absolute Gasteiger partial charge is 0.545 e. The van der Waals surface area contributed by atoms with Crippen LogP contribution in [-0.2, 0) is 21.5 Å². The Balaban J connectivity index is 0.000000197. The minimum atomic E-state index is -1.55. The van der Waals surface area contributed by atoms with Gasteiger partial charge in [0.2, 0.25) is 0 Å². The highest BCUT2D eigenvalue weighted by atomic mass is 16.4. The fourth-order valence-electron chi connectivity index (χ4n) is 3.69. The summed E-state index contributed by atoms with van der Waals surface area (Å²) in [4.78, 5) is 18.8. The summed E-state index contributed by atoms with van der Waals surface area (Å²) in [5.41, 5.74) is 5.88. The third-order valence-electron chi connectivity index (χ3n) is 4.67. The van der Waals surface area contributed by atoms with E-state index in [1.165, 1.54) is 22.3 Å². The van der Waals surface area contributed by atoms with Gasteiger partial charge in [0, 0.05) is 6.04 Å². The summed E-state index contributed by atoms with van der Waals surface area (Å²) < 4.78 is 0. The number of carbonyl (C=O) groups excluding carboxylic acids is 2. The molecule has 2 aromatic rings. The van der Waals surface area contributed by atoms with Crippen LogP contribution in [0.2, 0.25) is 0 Å². The Kier molecular flexibility index (Phi) is 4.42. The van der Waals surface area contributed by atoms with Crippen molar-refractivity contribution >= 4 is 11.9 Å². The standard InChI is InChI=1S/C16H15N.C4H4O4/c1-16-13-8-4-2-6-11(13)10-15(17-16)12-7-3-5-9-14(12)16;5-3(6)1-2-4(7)8/h2-9,15,17H,10H2,1H3;1-2H,(H,5,6)(H,7,8)/p-2/b;2-1-. The summed E-state index contributed by atoms with van der Waals surface area (Å²) in [6.07, 6.45) is 1.88. The van der Waals surface area contributed by atoms with E-state index in [1.54, 1.807) is 0 Å². The van der Waals surface area contributed by atoms with E-state index in [4.69, 9.17) is 0 Å². The molecule has 2 unspecified atom stereocenters. The molecule has 2 atom stereocenters. The smallest absolute Gasteiger partial charge is 0.0672 e. The predicted octanol–water partition coefficient (Wildman–Crippen LogP) is 0.193. The van der Waals surface area contributed by atoms with Gasteiger partial charge in [-0.15, -0.1) is 0 Å². The van der Waals surface area contributed by atoms with Crippen molar-refractivity contribution < 1.29 is 19.8 Å². The molecule has 5 nitrogen and oxygen atoms in total. The number of hydrogen-bond acceptors (Lipinski definition) is 5. The van der Waals surface area contributed by atoms with Gasteiger partial charge in [-0.2, -0.15) is 0 Å². The molecule has 5 heteroatoms. The Morgan fingerprint density at radius 1 is 1.00 bits per heavy atom. The van der Waals surface area contributed by atoms with Crippen molar-refractivity contribution in [1.29, 1.82) is 0 Å². The SMILES string of the molecule is CC12NC(Cc3ccccc31)c1ccccc12.O=C([O-])/C=C\C(=O)[O-]. The molecule has 128 valence electrons. The number of carboxylic acid groups (broad SMARTS) is 2. The van der Waals surface area contributed by atoms with Crippen LogP contribution in [-0.4, -0.2) is 11.9 Å². The molecule has 2 aromatic carbocycles. The lowest BCUT2D eigenvalue weighted by Crippen LogP contribution is -2.41. The highest BCUT2D eigenvalue weighted by Crippen LogP contribution is 2.47. The molecule has 2 aliphatic rings. The summed E-state index contributed by atoms with van der Waals surface area (Å²) in [7, 11) is 0. The average Bonchev–Trinajstić information content (AvgIpc) is 2.83. The zero-order chi connectivity index (χ0) is 18.0. The van der Waals surface area contributed by atoms with E-state index >= 15 is 0 Å². The number of nitrogens with one attached hydrogen (secondary N) is 1. The monoisotopic (exact) mass is 335 g/mol. The normalized spacial score (nSPS) is 22.5. The molecule has 0 radical (unpaired) electrons.